The van der Waals surface area contributed by atoms with Gasteiger partial charge in [0.25, 0.3) is 5.91 Å². The molecule has 0 aliphatic carbocycles. The Kier molecular flexibility index (Phi) is 6.37. The summed E-state index contributed by atoms with van der Waals surface area (Å²) in [7, 11) is -7.11. The number of hydrogen-bond donors (Lipinski definition) is 2. The Labute approximate surface area is 152 Å². The lowest BCUT2D eigenvalue weighted by atomic mass is 10.2. The fraction of sp³-hybridized carbons (Fsp3) is 0.467. The van der Waals surface area contributed by atoms with Crippen LogP contribution in [0.1, 0.15) is 17.3 Å². The zero-order chi connectivity index (χ0) is 19.4. The van der Waals surface area contributed by atoms with Crippen LogP contribution in [0.15, 0.2) is 29.2 Å². The molecule has 1 saturated heterocycles. The van der Waals surface area contributed by atoms with Gasteiger partial charge in [0, 0.05) is 31.0 Å². The molecule has 2 rings (SSSR count). The highest BCUT2D eigenvalue weighted by molar-refractivity contribution is 7.91. The number of sulfonamides is 1. The summed E-state index contributed by atoms with van der Waals surface area (Å²) in [6.07, 6.45) is 0. The second-order valence-electron chi connectivity index (χ2n) is 5.71. The van der Waals surface area contributed by atoms with E-state index in [0.29, 0.717) is 0 Å². The molecule has 2 amide bonds. The predicted octanol–water partition coefficient (Wildman–Crippen LogP) is -1.03. The molecule has 26 heavy (non-hydrogen) atoms. The Morgan fingerprint density at radius 1 is 1.27 bits per heavy atom. The third kappa shape index (κ3) is 5.02. The van der Waals surface area contributed by atoms with Crippen molar-refractivity contribution < 1.29 is 26.4 Å². The SMILES string of the molecule is CCS(=O)(=O)CCNC(=O)c1cccc(S(=O)(=O)N2CCNC(=O)C2)c1. The number of sulfone groups is 1. The number of amides is 2. The zero-order valence-electron chi connectivity index (χ0n) is 14.3. The van der Waals surface area contributed by atoms with Gasteiger partial charge in [0.1, 0.15) is 0 Å². The average Bonchev–Trinajstić information content (AvgIpc) is 2.61. The molecular formula is C15H21N3O6S2. The van der Waals surface area contributed by atoms with Crippen LogP contribution in [0.25, 0.3) is 0 Å². The Morgan fingerprint density at radius 2 is 2.00 bits per heavy atom. The molecule has 1 aliphatic heterocycles. The normalized spacial score (nSPS) is 16.1. The van der Waals surface area contributed by atoms with Crippen LogP contribution in [0.4, 0.5) is 0 Å². The Bertz CT molecular complexity index is 896. The number of rotatable bonds is 7. The lowest BCUT2D eigenvalue weighted by Crippen LogP contribution is -2.49. The molecule has 11 heteroatoms. The second-order valence-corrected chi connectivity index (χ2v) is 10.1. The van der Waals surface area contributed by atoms with Gasteiger partial charge in [0.05, 0.1) is 17.2 Å². The molecule has 1 aliphatic rings. The molecule has 1 aromatic rings. The molecule has 9 nitrogen and oxygen atoms in total. The van der Waals surface area contributed by atoms with Gasteiger partial charge in [-0.05, 0) is 18.2 Å². The van der Waals surface area contributed by atoms with Crippen LogP contribution >= 0.6 is 0 Å². The van der Waals surface area contributed by atoms with E-state index in [0.717, 1.165) is 4.31 Å². The lowest BCUT2D eigenvalue weighted by molar-refractivity contribution is -0.122. The van der Waals surface area contributed by atoms with Crippen LogP contribution in [-0.4, -0.2) is 70.6 Å². The van der Waals surface area contributed by atoms with Crippen LogP contribution < -0.4 is 10.6 Å². The van der Waals surface area contributed by atoms with Crippen LogP contribution in [0, 0.1) is 0 Å². The minimum absolute atomic E-state index is 0.0139. The molecule has 1 heterocycles. The molecule has 0 bridgehead atoms. The summed E-state index contributed by atoms with van der Waals surface area (Å²) in [4.78, 5) is 23.5. The van der Waals surface area contributed by atoms with E-state index < -0.39 is 25.8 Å². The minimum atomic E-state index is -3.90. The van der Waals surface area contributed by atoms with Gasteiger partial charge in [-0.3, -0.25) is 9.59 Å². The number of carbonyl (C=O) groups is 2. The number of piperazine rings is 1. The highest BCUT2D eigenvalue weighted by Crippen LogP contribution is 2.17. The molecule has 1 aromatic carbocycles. The standard InChI is InChI=1S/C15H21N3O6S2/c1-2-25(21,22)9-7-17-15(20)12-4-3-5-13(10-12)26(23,24)18-8-6-16-14(19)11-18/h3-5,10H,2,6-9,11H2,1H3,(H,16,19)(H,17,20). The molecule has 0 aromatic heterocycles. The van der Waals surface area contributed by atoms with E-state index in [1.165, 1.54) is 31.2 Å². The molecule has 0 saturated carbocycles. The van der Waals surface area contributed by atoms with E-state index in [1.54, 1.807) is 0 Å². The first-order valence-corrected chi connectivity index (χ1v) is 11.3. The highest BCUT2D eigenvalue weighted by Gasteiger charge is 2.29. The molecule has 0 radical (unpaired) electrons. The van der Waals surface area contributed by atoms with Crippen LogP contribution in [0.2, 0.25) is 0 Å². The Balaban J connectivity index is 2.11. The van der Waals surface area contributed by atoms with Crippen molar-refractivity contribution >= 4 is 31.7 Å². The first-order valence-electron chi connectivity index (χ1n) is 8.01. The second kappa shape index (κ2) is 8.14. The average molecular weight is 403 g/mol. The first kappa shape index (κ1) is 20.3. The van der Waals surface area contributed by atoms with Crippen LogP contribution in [0.5, 0.6) is 0 Å². The predicted molar refractivity (Wildman–Crippen MR) is 94.9 cm³/mol. The third-order valence-corrected chi connectivity index (χ3v) is 7.42. The quantitative estimate of drug-likeness (QED) is 0.599. The summed E-state index contributed by atoms with van der Waals surface area (Å²) in [5, 5.41) is 5.01. The number of nitrogens with one attached hydrogen (secondary N) is 2. The van der Waals surface area contributed by atoms with Crippen molar-refractivity contribution in [1.82, 2.24) is 14.9 Å². The maximum Gasteiger partial charge on any atom is 0.251 e. The van der Waals surface area contributed by atoms with Crippen molar-refractivity contribution in [2.24, 2.45) is 0 Å². The van der Waals surface area contributed by atoms with Crippen molar-refractivity contribution in [1.29, 1.82) is 0 Å². The number of hydrogen-bond acceptors (Lipinski definition) is 6. The highest BCUT2D eigenvalue weighted by atomic mass is 32.2. The number of carbonyl (C=O) groups excluding carboxylic acids is 2. The van der Waals surface area contributed by atoms with Crippen molar-refractivity contribution in [3.05, 3.63) is 29.8 Å². The van der Waals surface area contributed by atoms with Gasteiger partial charge in [0.15, 0.2) is 9.84 Å². The van der Waals surface area contributed by atoms with E-state index in [-0.39, 0.29) is 54.1 Å². The summed E-state index contributed by atoms with van der Waals surface area (Å²) in [5.74, 6) is -1.15. The van der Waals surface area contributed by atoms with Gasteiger partial charge in [-0.15, -0.1) is 0 Å². The Morgan fingerprint density at radius 3 is 2.65 bits per heavy atom. The molecule has 0 spiro atoms. The van der Waals surface area contributed by atoms with E-state index in [4.69, 9.17) is 0 Å². The van der Waals surface area contributed by atoms with Gasteiger partial charge in [-0.1, -0.05) is 13.0 Å². The van der Waals surface area contributed by atoms with Crippen LogP contribution in [-0.2, 0) is 24.7 Å². The van der Waals surface area contributed by atoms with Crippen molar-refractivity contribution in [3.8, 4) is 0 Å². The summed E-state index contributed by atoms with van der Waals surface area (Å²) in [6, 6.07) is 5.42. The number of benzene rings is 1. The Hall–Kier alpha value is -1.98. The van der Waals surface area contributed by atoms with E-state index in [2.05, 4.69) is 10.6 Å². The first-order chi connectivity index (χ1) is 12.2. The lowest BCUT2D eigenvalue weighted by Gasteiger charge is -2.26. The molecule has 2 N–H and O–H groups in total. The monoisotopic (exact) mass is 403 g/mol. The van der Waals surface area contributed by atoms with Crippen LogP contribution in [0.3, 0.4) is 0 Å². The molecule has 144 valence electrons. The van der Waals surface area contributed by atoms with Gasteiger partial charge < -0.3 is 10.6 Å². The topological polar surface area (TPSA) is 130 Å². The van der Waals surface area contributed by atoms with Gasteiger partial charge in [-0.25, -0.2) is 16.8 Å². The smallest absolute Gasteiger partial charge is 0.251 e. The van der Waals surface area contributed by atoms with Crippen molar-refractivity contribution in [2.45, 2.75) is 11.8 Å². The fourth-order valence-corrected chi connectivity index (χ4v) is 4.48. The molecular weight excluding hydrogens is 382 g/mol. The maximum absolute atomic E-state index is 12.6. The summed E-state index contributed by atoms with van der Waals surface area (Å²) in [6.45, 7) is 1.57. The molecule has 1 fully saturated rings. The maximum atomic E-state index is 12.6. The summed E-state index contributed by atoms with van der Waals surface area (Å²) >= 11 is 0. The molecule has 0 atom stereocenters. The third-order valence-electron chi connectivity index (χ3n) is 3.88. The number of nitrogens with zero attached hydrogens (tertiary/aromatic N) is 1. The fourth-order valence-electron chi connectivity index (χ4n) is 2.33. The van der Waals surface area contributed by atoms with Gasteiger partial charge >= 0.3 is 0 Å². The van der Waals surface area contributed by atoms with Gasteiger partial charge in [-0.2, -0.15) is 4.31 Å². The van der Waals surface area contributed by atoms with Crippen molar-refractivity contribution in [2.75, 3.05) is 37.7 Å². The van der Waals surface area contributed by atoms with Gasteiger partial charge in [0.2, 0.25) is 15.9 Å². The molecule has 0 unspecified atom stereocenters. The minimum Gasteiger partial charge on any atom is -0.354 e. The summed E-state index contributed by atoms with van der Waals surface area (Å²) < 4.78 is 49.2. The van der Waals surface area contributed by atoms with E-state index in [1.807, 2.05) is 0 Å². The largest absolute Gasteiger partial charge is 0.354 e. The van der Waals surface area contributed by atoms with Crippen molar-refractivity contribution in [3.63, 3.8) is 0 Å². The van der Waals surface area contributed by atoms with E-state index >= 15 is 0 Å². The summed E-state index contributed by atoms with van der Waals surface area (Å²) in [5.41, 5.74) is 0.0985. The van der Waals surface area contributed by atoms with E-state index in [9.17, 15) is 26.4 Å². The zero-order valence-corrected chi connectivity index (χ0v) is 15.9.